The summed E-state index contributed by atoms with van der Waals surface area (Å²) in [6.45, 7) is 1.72. The van der Waals surface area contributed by atoms with Gasteiger partial charge in [0.05, 0.1) is 17.7 Å². The van der Waals surface area contributed by atoms with Gasteiger partial charge in [-0.15, -0.1) is 0 Å². The van der Waals surface area contributed by atoms with Crippen molar-refractivity contribution in [2.45, 2.75) is 68.8 Å². The Hall–Kier alpha value is -3.85. The highest BCUT2D eigenvalue weighted by atomic mass is 32.2. The summed E-state index contributed by atoms with van der Waals surface area (Å²) in [4.78, 5) is 29.3. The van der Waals surface area contributed by atoms with Crippen LogP contribution in [0.5, 0.6) is 5.75 Å². The van der Waals surface area contributed by atoms with E-state index in [0.717, 1.165) is 35.6 Å². The molecule has 8 nitrogen and oxygen atoms in total. The largest absolute Gasteiger partial charge is 0.497 e. The number of hydrogen-bond donors (Lipinski definition) is 1. The molecule has 0 aromatic heterocycles. The van der Waals surface area contributed by atoms with Crippen molar-refractivity contribution in [3.63, 3.8) is 0 Å². The van der Waals surface area contributed by atoms with E-state index in [0.29, 0.717) is 24.3 Å². The summed E-state index contributed by atoms with van der Waals surface area (Å²) in [5.74, 6) is -0.0919. The molecule has 4 rings (SSSR count). The number of nitrogens with zero attached hydrogens (tertiary/aromatic N) is 2. The van der Waals surface area contributed by atoms with Crippen molar-refractivity contribution in [3.05, 3.63) is 90.5 Å². The van der Waals surface area contributed by atoms with E-state index in [1.807, 2.05) is 37.3 Å². The van der Waals surface area contributed by atoms with Crippen LogP contribution < -0.4 is 14.4 Å². The third-order valence-electron chi connectivity index (χ3n) is 7.79. The monoisotopic (exact) mass is 591 g/mol. The van der Waals surface area contributed by atoms with Gasteiger partial charge >= 0.3 is 0 Å². The van der Waals surface area contributed by atoms with Crippen LogP contribution in [0.1, 0.15) is 51.0 Å². The lowest BCUT2D eigenvalue weighted by atomic mass is 9.95. The zero-order valence-electron chi connectivity index (χ0n) is 24.4. The van der Waals surface area contributed by atoms with Crippen molar-refractivity contribution in [2.75, 3.05) is 24.5 Å². The van der Waals surface area contributed by atoms with Crippen molar-refractivity contribution in [1.82, 2.24) is 10.2 Å². The maximum Gasteiger partial charge on any atom is 0.264 e. The standard InChI is InChI=1S/C33H41N3O5S/c1-3-31(33(38)34-27-15-9-5-10-16-27)35(24-23-26-13-7-4-8-14-26)32(37)25-36(28-17-11-6-12-18-28)42(39,40)30-21-19-29(41-2)20-22-30/h4,6-8,11-14,17-22,27,31H,3,5,9-10,15-16,23-25H2,1-2H3,(H,34,38)/t31-/m1/s1. The third-order valence-corrected chi connectivity index (χ3v) is 9.58. The third kappa shape index (κ3) is 7.91. The zero-order chi connectivity index (χ0) is 30.0. The molecule has 2 amide bonds. The van der Waals surface area contributed by atoms with Crippen molar-refractivity contribution >= 4 is 27.5 Å². The van der Waals surface area contributed by atoms with Crippen LogP contribution in [0.25, 0.3) is 0 Å². The lowest BCUT2D eigenvalue weighted by Crippen LogP contribution is -2.54. The van der Waals surface area contributed by atoms with Crippen molar-refractivity contribution in [1.29, 1.82) is 0 Å². The van der Waals surface area contributed by atoms with E-state index in [9.17, 15) is 18.0 Å². The van der Waals surface area contributed by atoms with E-state index in [-0.39, 0.29) is 23.4 Å². The van der Waals surface area contributed by atoms with E-state index in [1.165, 1.54) is 25.7 Å². The zero-order valence-corrected chi connectivity index (χ0v) is 25.3. The van der Waals surface area contributed by atoms with E-state index in [2.05, 4.69) is 5.32 Å². The molecule has 1 N–H and O–H groups in total. The first-order chi connectivity index (χ1) is 20.3. The second-order valence-corrected chi connectivity index (χ2v) is 12.5. The first-order valence-corrected chi connectivity index (χ1v) is 16.1. The molecule has 0 bridgehead atoms. The van der Waals surface area contributed by atoms with Gasteiger partial charge in [0.25, 0.3) is 10.0 Å². The smallest absolute Gasteiger partial charge is 0.264 e. The van der Waals surface area contributed by atoms with Crippen LogP contribution in [0.3, 0.4) is 0 Å². The van der Waals surface area contributed by atoms with Gasteiger partial charge in [0.1, 0.15) is 18.3 Å². The molecule has 9 heteroatoms. The first-order valence-electron chi connectivity index (χ1n) is 14.7. The summed E-state index contributed by atoms with van der Waals surface area (Å²) in [5, 5.41) is 3.18. The average molecular weight is 592 g/mol. The topological polar surface area (TPSA) is 96.0 Å². The Bertz CT molecular complexity index is 1390. The fourth-order valence-electron chi connectivity index (χ4n) is 5.44. The van der Waals surface area contributed by atoms with Crippen molar-refractivity contribution in [2.24, 2.45) is 0 Å². The predicted molar refractivity (Wildman–Crippen MR) is 165 cm³/mol. The van der Waals surface area contributed by atoms with Crippen LogP contribution in [0, 0.1) is 0 Å². The van der Waals surface area contributed by atoms with E-state index >= 15 is 0 Å². The molecule has 1 atom stereocenters. The molecule has 1 fully saturated rings. The summed E-state index contributed by atoms with van der Waals surface area (Å²) < 4.78 is 34.2. The first kappa shape index (κ1) is 31.1. The molecule has 1 saturated carbocycles. The highest BCUT2D eigenvalue weighted by molar-refractivity contribution is 7.92. The van der Waals surface area contributed by atoms with Gasteiger partial charge in [0.15, 0.2) is 0 Å². The Morgan fingerprint density at radius 2 is 1.52 bits per heavy atom. The molecule has 1 aliphatic rings. The minimum atomic E-state index is -4.12. The number of nitrogens with one attached hydrogen (secondary N) is 1. The number of amides is 2. The highest BCUT2D eigenvalue weighted by Crippen LogP contribution is 2.26. The second-order valence-electron chi connectivity index (χ2n) is 10.6. The molecular weight excluding hydrogens is 550 g/mol. The Balaban J connectivity index is 1.64. The normalized spacial score (nSPS) is 14.5. The number of ether oxygens (including phenoxy) is 1. The van der Waals surface area contributed by atoms with Gasteiger partial charge in [-0.2, -0.15) is 0 Å². The molecule has 3 aromatic rings. The molecule has 0 unspecified atom stereocenters. The van der Waals surface area contributed by atoms with Gasteiger partial charge in [-0.3, -0.25) is 13.9 Å². The highest BCUT2D eigenvalue weighted by Gasteiger charge is 2.34. The molecule has 42 heavy (non-hydrogen) atoms. The van der Waals surface area contributed by atoms with E-state index in [4.69, 9.17) is 4.74 Å². The molecule has 0 aliphatic heterocycles. The number of rotatable bonds is 13. The van der Waals surface area contributed by atoms with Gasteiger partial charge in [0, 0.05) is 12.6 Å². The minimum Gasteiger partial charge on any atom is -0.497 e. The number of sulfonamides is 1. The summed E-state index contributed by atoms with van der Waals surface area (Å²) in [7, 11) is -2.61. The molecule has 0 spiro atoms. The SMILES string of the molecule is CC[C@H](C(=O)NC1CCCCC1)N(CCc1ccccc1)C(=O)CN(c1ccccc1)S(=O)(=O)c1ccc(OC)cc1. The molecule has 224 valence electrons. The van der Waals surface area contributed by atoms with Gasteiger partial charge in [-0.25, -0.2) is 8.42 Å². The number of anilines is 1. The van der Waals surface area contributed by atoms with Crippen LogP contribution in [0.15, 0.2) is 89.8 Å². The number of hydrogen-bond acceptors (Lipinski definition) is 5. The number of methoxy groups -OCH3 is 1. The minimum absolute atomic E-state index is 0.0397. The van der Waals surface area contributed by atoms with Crippen LogP contribution in [0.4, 0.5) is 5.69 Å². The average Bonchev–Trinajstić information content (AvgIpc) is 3.03. The van der Waals surface area contributed by atoms with Gasteiger partial charge in [-0.05, 0) is 67.6 Å². The van der Waals surface area contributed by atoms with Crippen LogP contribution >= 0.6 is 0 Å². The summed E-state index contributed by atoms with van der Waals surface area (Å²) in [6, 6.07) is 23.8. The quantitative estimate of drug-likeness (QED) is 0.295. The Morgan fingerprint density at radius 3 is 2.12 bits per heavy atom. The maximum absolute atomic E-state index is 14.1. The summed E-state index contributed by atoms with van der Waals surface area (Å²) in [6.07, 6.45) is 6.14. The second kappa shape index (κ2) is 14.9. The van der Waals surface area contributed by atoms with E-state index < -0.39 is 28.5 Å². The fourth-order valence-corrected chi connectivity index (χ4v) is 6.85. The fraction of sp³-hybridized carbons (Fsp3) is 0.394. The summed E-state index contributed by atoms with van der Waals surface area (Å²) in [5.41, 5.74) is 1.40. The predicted octanol–water partition coefficient (Wildman–Crippen LogP) is 5.19. The Kier molecular flexibility index (Phi) is 11.0. The lowest BCUT2D eigenvalue weighted by molar-refractivity contribution is -0.140. The van der Waals surface area contributed by atoms with Gasteiger partial charge in [-0.1, -0.05) is 74.7 Å². The molecule has 1 aliphatic carbocycles. The number of benzene rings is 3. The lowest BCUT2D eigenvalue weighted by Gasteiger charge is -2.34. The van der Waals surface area contributed by atoms with Gasteiger partial charge in [0.2, 0.25) is 11.8 Å². The van der Waals surface area contributed by atoms with Crippen LogP contribution in [-0.2, 0) is 26.0 Å². The molecule has 0 heterocycles. The van der Waals surface area contributed by atoms with Crippen molar-refractivity contribution < 1.29 is 22.7 Å². The maximum atomic E-state index is 14.1. The van der Waals surface area contributed by atoms with Gasteiger partial charge < -0.3 is 15.0 Å². The molecular formula is C33H41N3O5S. The molecule has 0 radical (unpaired) electrons. The number of carbonyl (C=O) groups excluding carboxylic acids is 2. The van der Waals surface area contributed by atoms with Crippen molar-refractivity contribution in [3.8, 4) is 5.75 Å². The van der Waals surface area contributed by atoms with Crippen LogP contribution in [0.2, 0.25) is 0 Å². The van der Waals surface area contributed by atoms with Crippen LogP contribution in [-0.4, -0.2) is 57.4 Å². The number of carbonyl (C=O) groups is 2. The Labute approximate surface area is 249 Å². The molecule has 3 aromatic carbocycles. The number of para-hydroxylation sites is 1. The summed E-state index contributed by atoms with van der Waals surface area (Å²) >= 11 is 0. The van der Waals surface area contributed by atoms with E-state index in [1.54, 1.807) is 47.4 Å². The Morgan fingerprint density at radius 1 is 0.905 bits per heavy atom. The molecule has 0 saturated heterocycles.